The molecule has 0 aliphatic carbocycles. The molecule has 4 aromatic rings. The molecule has 5 nitrogen and oxygen atoms in total. The largest absolute Gasteiger partial charge is 0.361 e. The van der Waals surface area contributed by atoms with Crippen LogP contribution < -0.4 is 4.72 Å². The molecule has 0 saturated carbocycles. The van der Waals surface area contributed by atoms with E-state index >= 15 is 0 Å². The van der Waals surface area contributed by atoms with Crippen LogP contribution in [-0.4, -0.2) is 38.9 Å². The summed E-state index contributed by atoms with van der Waals surface area (Å²) >= 11 is 0. The molecule has 0 fully saturated rings. The van der Waals surface area contributed by atoms with E-state index in [-0.39, 0.29) is 4.90 Å². The number of likely N-dealkylation sites (N-methyl/N-ethyl adjacent to an activating group) is 1. The molecule has 0 saturated heterocycles. The molecule has 1 aromatic heterocycles. The van der Waals surface area contributed by atoms with Crippen LogP contribution in [-0.2, 0) is 16.4 Å². The Kier molecular flexibility index (Phi) is 4.83. The van der Waals surface area contributed by atoms with Crippen molar-refractivity contribution >= 4 is 37.4 Å². The number of H-pyrrole nitrogens is 1. The number of nitrogens with zero attached hydrogens (tertiary/aromatic N) is 1. The maximum atomic E-state index is 13.1. The molecule has 144 valence electrons. The molecule has 0 aliphatic rings. The summed E-state index contributed by atoms with van der Waals surface area (Å²) in [4.78, 5) is 5.68. The SMILES string of the molecule is CN(C)CCc1c[nH]c2ccc(NS(=O)(=O)c3cccc4ccccc34)cc12. The lowest BCUT2D eigenvalue weighted by Crippen LogP contribution is -2.15. The van der Waals surface area contributed by atoms with Gasteiger partial charge >= 0.3 is 0 Å². The van der Waals surface area contributed by atoms with Crippen LogP contribution in [0.5, 0.6) is 0 Å². The van der Waals surface area contributed by atoms with Crippen molar-refractivity contribution < 1.29 is 8.42 Å². The van der Waals surface area contributed by atoms with E-state index < -0.39 is 10.0 Å². The van der Waals surface area contributed by atoms with Crippen LogP contribution >= 0.6 is 0 Å². The lowest BCUT2D eigenvalue weighted by molar-refractivity contribution is 0.414. The Morgan fingerprint density at radius 3 is 2.57 bits per heavy atom. The van der Waals surface area contributed by atoms with Crippen LogP contribution in [0.25, 0.3) is 21.7 Å². The van der Waals surface area contributed by atoms with Crippen LogP contribution in [0.1, 0.15) is 5.56 Å². The Balaban J connectivity index is 1.69. The minimum absolute atomic E-state index is 0.285. The number of sulfonamides is 1. The van der Waals surface area contributed by atoms with Crippen molar-refractivity contribution in [2.24, 2.45) is 0 Å². The third-order valence-corrected chi connectivity index (χ3v) is 6.33. The van der Waals surface area contributed by atoms with Gasteiger partial charge in [-0.3, -0.25) is 4.72 Å². The highest BCUT2D eigenvalue weighted by Gasteiger charge is 2.18. The number of hydrogen-bond donors (Lipinski definition) is 2. The number of benzene rings is 3. The van der Waals surface area contributed by atoms with Gasteiger partial charge in [-0.15, -0.1) is 0 Å². The fourth-order valence-electron chi connectivity index (χ4n) is 3.43. The smallest absolute Gasteiger partial charge is 0.262 e. The summed E-state index contributed by atoms with van der Waals surface area (Å²) in [6.07, 6.45) is 2.89. The fraction of sp³-hybridized carbons (Fsp3) is 0.182. The van der Waals surface area contributed by atoms with Gasteiger partial charge in [-0.25, -0.2) is 8.42 Å². The molecule has 3 aromatic carbocycles. The van der Waals surface area contributed by atoms with Crippen LogP contribution in [0.4, 0.5) is 5.69 Å². The lowest BCUT2D eigenvalue weighted by atomic mass is 10.1. The molecule has 28 heavy (non-hydrogen) atoms. The van der Waals surface area contributed by atoms with Crippen molar-refractivity contribution in [2.45, 2.75) is 11.3 Å². The molecule has 4 rings (SSSR count). The third kappa shape index (κ3) is 3.61. The van der Waals surface area contributed by atoms with Crippen LogP contribution in [0, 0.1) is 0 Å². The molecule has 0 bridgehead atoms. The molecule has 0 atom stereocenters. The van der Waals surface area contributed by atoms with Gasteiger partial charge in [0.05, 0.1) is 4.90 Å². The van der Waals surface area contributed by atoms with E-state index in [1.807, 2.05) is 62.8 Å². The van der Waals surface area contributed by atoms with Gasteiger partial charge < -0.3 is 9.88 Å². The highest BCUT2D eigenvalue weighted by Crippen LogP contribution is 2.27. The van der Waals surface area contributed by atoms with Crippen molar-refractivity contribution in [1.82, 2.24) is 9.88 Å². The molecule has 0 radical (unpaired) electrons. The van der Waals surface area contributed by atoms with Crippen LogP contribution in [0.2, 0.25) is 0 Å². The van der Waals surface area contributed by atoms with Gasteiger partial charge in [0.1, 0.15) is 0 Å². The average molecular weight is 394 g/mol. The zero-order valence-electron chi connectivity index (χ0n) is 15.9. The molecule has 1 heterocycles. The minimum atomic E-state index is -3.70. The minimum Gasteiger partial charge on any atom is -0.361 e. The number of anilines is 1. The molecule has 0 spiro atoms. The van der Waals surface area contributed by atoms with Gasteiger partial charge in [0.2, 0.25) is 0 Å². The first-order valence-corrected chi connectivity index (χ1v) is 10.7. The first-order valence-electron chi connectivity index (χ1n) is 9.19. The summed E-state index contributed by atoms with van der Waals surface area (Å²) in [5.41, 5.74) is 2.74. The summed E-state index contributed by atoms with van der Waals surface area (Å²) in [6, 6.07) is 18.4. The molecule has 6 heteroatoms. The Morgan fingerprint density at radius 1 is 0.964 bits per heavy atom. The van der Waals surface area contributed by atoms with E-state index in [4.69, 9.17) is 0 Å². The van der Waals surface area contributed by atoms with Gasteiger partial charge in [-0.05, 0) is 55.7 Å². The van der Waals surface area contributed by atoms with Crippen molar-refractivity contribution in [3.05, 3.63) is 72.4 Å². The summed E-state index contributed by atoms with van der Waals surface area (Å²) in [5.74, 6) is 0. The summed E-state index contributed by atoms with van der Waals surface area (Å²) in [7, 11) is 0.382. The van der Waals surface area contributed by atoms with Crippen molar-refractivity contribution in [2.75, 3.05) is 25.4 Å². The monoisotopic (exact) mass is 393 g/mol. The van der Waals surface area contributed by atoms with Gasteiger partial charge in [-0.1, -0.05) is 36.4 Å². The topological polar surface area (TPSA) is 65.2 Å². The number of fused-ring (bicyclic) bond motifs is 2. The maximum absolute atomic E-state index is 13.1. The summed E-state index contributed by atoms with van der Waals surface area (Å²) in [5, 5.41) is 2.66. The van der Waals surface area contributed by atoms with Crippen molar-refractivity contribution in [1.29, 1.82) is 0 Å². The van der Waals surface area contributed by atoms with E-state index in [9.17, 15) is 8.42 Å². The van der Waals surface area contributed by atoms with Crippen molar-refractivity contribution in [3.63, 3.8) is 0 Å². The molecular formula is C22H23N3O2S. The lowest BCUT2D eigenvalue weighted by Gasteiger charge is -2.11. The Morgan fingerprint density at radius 2 is 1.75 bits per heavy atom. The molecule has 2 N–H and O–H groups in total. The first kappa shape index (κ1) is 18.5. The van der Waals surface area contributed by atoms with Gasteiger partial charge in [-0.2, -0.15) is 0 Å². The van der Waals surface area contributed by atoms with Crippen LogP contribution in [0.15, 0.2) is 71.8 Å². The fourth-order valence-corrected chi connectivity index (χ4v) is 4.71. The molecule has 0 unspecified atom stereocenters. The Hall–Kier alpha value is -2.83. The zero-order valence-corrected chi connectivity index (χ0v) is 16.8. The second-order valence-corrected chi connectivity index (χ2v) is 8.86. The standard InChI is InChI=1S/C22H23N3O2S/c1-25(2)13-12-17-15-23-21-11-10-18(14-20(17)21)24-28(26,27)22-9-5-7-16-6-3-4-8-19(16)22/h3-11,14-15,23-24H,12-13H2,1-2H3. The third-order valence-electron chi connectivity index (χ3n) is 4.89. The van der Waals surface area contributed by atoms with Gasteiger partial charge in [0, 0.05) is 34.7 Å². The maximum Gasteiger partial charge on any atom is 0.262 e. The van der Waals surface area contributed by atoms with E-state index in [0.717, 1.165) is 29.3 Å². The predicted molar refractivity (Wildman–Crippen MR) is 115 cm³/mol. The normalized spacial score (nSPS) is 12.1. The number of aromatic amines is 1. The highest BCUT2D eigenvalue weighted by atomic mass is 32.2. The first-order chi connectivity index (χ1) is 13.4. The van der Waals surface area contributed by atoms with E-state index in [1.54, 1.807) is 18.2 Å². The average Bonchev–Trinajstić information content (AvgIpc) is 3.08. The second kappa shape index (κ2) is 7.30. The van der Waals surface area contributed by atoms with E-state index in [2.05, 4.69) is 14.6 Å². The quantitative estimate of drug-likeness (QED) is 0.515. The van der Waals surface area contributed by atoms with E-state index in [0.29, 0.717) is 11.1 Å². The summed E-state index contributed by atoms with van der Waals surface area (Å²) in [6.45, 7) is 0.929. The highest BCUT2D eigenvalue weighted by molar-refractivity contribution is 7.93. The number of rotatable bonds is 6. The van der Waals surface area contributed by atoms with Crippen molar-refractivity contribution in [3.8, 4) is 0 Å². The van der Waals surface area contributed by atoms with Gasteiger partial charge in [0.25, 0.3) is 10.0 Å². The zero-order chi connectivity index (χ0) is 19.7. The number of aromatic nitrogens is 1. The molecule has 0 amide bonds. The van der Waals surface area contributed by atoms with Crippen LogP contribution in [0.3, 0.4) is 0 Å². The Bertz CT molecular complexity index is 1240. The number of nitrogens with one attached hydrogen (secondary N) is 2. The molecular weight excluding hydrogens is 370 g/mol. The van der Waals surface area contributed by atoms with E-state index in [1.165, 1.54) is 5.56 Å². The Labute approximate surface area is 165 Å². The van der Waals surface area contributed by atoms with Gasteiger partial charge in [0.15, 0.2) is 0 Å². The predicted octanol–water partition coefficient (Wildman–Crippen LogP) is 4.23. The second-order valence-electron chi connectivity index (χ2n) is 7.21. The summed E-state index contributed by atoms with van der Waals surface area (Å²) < 4.78 is 28.9. The number of hydrogen-bond acceptors (Lipinski definition) is 3. The molecule has 0 aliphatic heterocycles.